The van der Waals surface area contributed by atoms with Gasteiger partial charge in [0.25, 0.3) is 0 Å². The summed E-state index contributed by atoms with van der Waals surface area (Å²) in [5.74, 6) is 1.45. The molecule has 1 fully saturated rings. The maximum atomic E-state index is 5.83. The van der Waals surface area contributed by atoms with Crippen molar-refractivity contribution in [3.63, 3.8) is 0 Å². The molecule has 0 spiro atoms. The smallest absolute Gasteiger partial charge is 0.165 e. The summed E-state index contributed by atoms with van der Waals surface area (Å²) < 4.78 is 13.2. The summed E-state index contributed by atoms with van der Waals surface area (Å²) in [6.07, 6.45) is 7.49. The fourth-order valence-electron chi connectivity index (χ4n) is 3.47. The average Bonchev–Trinajstić information content (AvgIpc) is 3.18. The van der Waals surface area contributed by atoms with Crippen LogP contribution in [0, 0.1) is 0 Å². The first-order valence-corrected chi connectivity index (χ1v) is 14.7. The topological polar surface area (TPSA) is 85.6 Å². The molecular formula is C22H32N6O2Si. The lowest BCUT2D eigenvalue weighted by molar-refractivity contribution is 0.0904. The lowest BCUT2D eigenvalue weighted by Crippen LogP contribution is -2.29. The highest BCUT2D eigenvalue weighted by atomic mass is 28.3. The molecule has 0 saturated carbocycles. The molecule has 4 rings (SSSR count). The Hall–Kier alpha value is -2.49. The maximum absolute atomic E-state index is 5.83. The molecule has 0 bridgehead atoms. The Labute approximate surface area is 184 Å². The van der Waals surface area contributed by atoms with Gasteiger partial charge >= 0.3 is 0 Å². The monoisotopic (exact) mass is 440 g/mol. The molecule has 3 aromatic heterocycles. The first kappa shape index (κ1) is 21.7. The number of hydrogen-bond donors (Lipinski definition) is 2. The fraction of sp³-hybridized carbons (Fsp3) is 0.500. The SMILES string of the molecule is C[Si](C)(C)CCOCNc1cnc(-c2cnn3ccccc23)nc1NC1CCOCC1. The lowest BCUT2D eigenvalue weighted by Gasteiger charge is -2.25. The molecule has 8 nitrogen and oxygen atoms in total. The third-order valence-electron chi connectivity index (χ3n) is 5.38. The number of anilines is 2. The molecule has 2 N–H and O–H groups in total. The Balaban J connectivity index is 1.52. The van der Waals surface area contributed by atoms with Crippen LogP contribution in [0.3, 0.4) is 0 Å². The molecule has 31 heavy (non-hydrogen) atoms. The van der Waals surface area contributed by atoms with E-state index in [1.54, 1.807) is 0 Å². The van der Waals surface area contributed by atoms with Gasteiger partial charge in [-0.2, -0.15) is 5.10 Å². The molecule has 0 aromatic carbocycles. The summed E-state index contributed by atoms with van der Waals surface area (Å²) >= 11 is 0. The predicted octanol–water partition coefficient (Wildman–Crippen LogP) is 4.11. The van der Waals surface area contributed by atoms with Gasteiger partial charge in [0.2, 0.25) is 0 Å². The molecule has 0 unspecified atom stereocenters. The van der Waals surface area contributed by atoms with Gasteiger partial charge in [0.1, 0.15) is 6.73 Å². The summed E-state index contributed by atoms with van der Waals surface area (Å²) in [6.45, 7) is 9.81. The van der Waals surface area contributed by atoms with E-state index in [2.05, 4.69) is 40.4 Å². The van der Waals surface area contributed by atoms with Crippen LogP contribution in [0.4, 0.5) is 11.5 Å². The highest BCUT2D eigenvalue weighted by Crippen LogP contribution is 2.27. The van der Waals surface area contributed by atoms with Crippen molar-refractivity contribution in [2.45, 2.75) is 44.6 Å². The largest absolute Gasteiger partial charge is 0.381 e. The van der Waals surface area contributed by atoms with E-state index in [0.717, 1.165) is 61.3 Å². The number of hydrogen-bond acceptors (Lipinski definition) is 7. The molecule has 3 aromatic rings. The van der Waals surface area contributed by atoms with Gasteiger partial charge in [0, 0.05) is 40.1 Å². The third-order valence-corrected chi connectivity index (χ3v) is 7.08. The summed E-state index contributed by atoms with van der Waals surface area (Å²) in [7, 11) is -1.10. The third kappa shape index (κ3) is 5.81. The van der Waals surface area contributed by atoms with Gasteiger partial charge in [-0.05, 0) is 31.0 Å². The Bertz CT molecular complexity index is 997. The van der Waals surface area contributed by atoms with E-state index in [4.69, 9.17) is 14.5 Å². The molecular weight excluding hydrogens is 408 g/mol. The molecule has 4 heterocycles. The minimum atomic E-state index is -1.10. The molecule has 1 aliphatic rings. The second kappa shape index (κ2) is 9.76. The normalized spacial score (nSPS) is 15.3. The second-order valence-electron chi connectivity index (χ2n) is 9.12. The Morgan fingerprint density at radius 3 is 2.84 bits per heavy atom. The number of pyridine rings is 1. The van der Waals surface area contributed by atoms with E-state index in [0.29, 0.717) is 18.6 Å². The van der Waals surface area contributed by atoms with Crippen molar-refractivity contribution in [3.05, 3.63) is 36.8 Å². The fourth-order valence-corrected chi connectivity index (χ4v) is 4.23. The highest BCUT2D eigenvalue weighted by Gasteiger charge is 2.18. The van der Waals surface area contributed by atoms with Crippen LogP contribution in [0.2, 0.25) is 25.7 Å². The van der Waals surface area contributed by atoms with E-state index in [1.807, 2.05) is 41.3 Å². The molecule has 0 aliphatic carbocycles. The van der Waals surface area contributed by atoms with Crippen LogP contribution in [0.1, 0.15) is 12.8 Å². The summed E-state index contributed by atoms with van der Waals surface area (Å²) in [6, 6.07) is 7.45. The lowest BCUT2D eigenvalue weighted by atomic mass is 10.1. The van der Waals surface area contributed by atoms with Gasteiger partial charge in [0.05, 0.1) is 29.2 Å². The van der Waals surface area contributed by atoms with Crippen molar-refractivity contribution in [2.24, 2.45) is 0 Å². The van der Waals surface area contributed by atoms with Gasteiger partial charge < -0.3 is 20.1 Å². The van der Waals surface area contributed by atoms with Crippen LogP contribution >= 0.6 is 0 Å². The average molecular weight is 441 g/mol. The number of rotatable bonds is 9. The number of nitrogens with one attached hydrogen (secondary N) is 2. The second-order valence-corrected chi connectivity index (χ2v) is 14.7. The zero-order valence-electron chi connectivity index (χ0n) is 18.6. The van der Waals surface area contributed by atoms with E-state index < -0.39 is 8.07 Å². The number of fused-ring (bicyclic) bond motifs is 1. The standard InChI is InChI=1S/C22H32N6O2Si/c1-31(2,3)13-12-30-16-24-19-15-23-21(18-14-25-28-9-5-4-6-20(18)28)27-22(19)26-17-7-10-29-11-8-17/h4-6,9,14-15,17,24H,7-8,10-13,16H2,1-3H3,(H,23,26,27). The van der Waals surface area contributed by atoms with Crippen LogP contribution in [0.5, 0.6) is 0 Å². The van der Waals surface area contributed by atoms with Gasteiger partial charge in [-0.1, -0.05) is 25.7 Å². The van der Waals surface area contributed by atoms with Crippen LogP contribution in [-0.2, 0) is 9.47 Å². The Morgan fingerprint density at radius 2 is 2.03 bits per heavy atom. The zero-order valence-corrected chi connectivity index (χ0v) is 19.6. The van der Waals surface area contributed by atoms with Gasteiger partial charge in [-0.3, -0.25) is 0 Å². The van der Waals surface area contributed by atoms with Crippen molar-refractivity contribution in [1.82, 2.24) is 19.6 Å². The van der Waals surface area contributed by atoms with Crippen molar-refractivity contribution in [2.75, 3.05) is 37.2 Å². The number of aromatic nitrogens is 4. The maximum Gasteiger partial charge on any atom is 0.165 e. The van der Waals surface area contributed by atoms with Gasteiger partial charge in [-0.25, -0.2) is 14.5 Å². The molecule has 166 valence electrons. The van der Waals surface area contributed by atoms with Crippen LogP contribution in [0.15, 0.2) is 36.8 Å². The summed E-state index contributed by atoms with van der Waals surface area (Å²) in [5.41, 5.74) is 2.74. The van der Waals surface area contributed by atoms with Gasteiger partial charge in [-0.15, -0.1) is 0 Å². The van der Waals surface area contributed by atoms with E-state index in [1.165, 1.54) is 0 Å². The molecule has 1 aliphatic heterocycles. The summed E-state index contributed by atoms with van der Waals surface area (Å²) in [5, 5.41) is 11.4. The Kier molecular flexibility index (Phi) is 6.84. The number of ether oxygens (including phenoxy) is 2. The van der Waals surface area contributed by atoms with Crippen molar-refractivity contribution in [1.29, 1.82) is 0 Å². The van der Waals surface area contributed by atoms with E-state index in [9.17, 15) is 0 Å². The minimum Gasteiger partial charge on any atom is -0.381 e. The zero-order chi connectivity index (χ0) is 21.7. The number of nitrogens with zero attached hydrogens (tertiary/aromatic N) is 4. The van der Waals surface area contributed by atoms with Gasteiger partial charge in [0.15, 0.2) is 11.6 Å². The first-order valence-electron chi connectivity index (χ1n) is 11.0. The van der Waals surface area contributed by atoms with Crippen molar-refractivity contribution >= 4 is 25.1 Å². The molecule has 0 atom stereocenters. The first-order chi connectivity index (χ1) is 15.0. The van der Waals surface area contributed by atoms with Crippen molar-refractivity contribution in [3.8, 4) is 11.4 Å². The van der Waals surface area contributed by atoms with Crippen LogP contribution in [-0.4, -0.2) is 60.2 Å². The molecule has 0 radical (unpaired) electrons. The van der Waals surface area contributed by atoms with Crippen LogP contribution in [0.25, 0.3) is 16.9 Å². The molecule has 0 amide bonds. The van der Waals surface area contributed by atoms with Crippen LogP contribution < -0.4 is 10.6 Å². The highest BCUT2D eigenvalue weighted by molar-refractivity contribution is 6.76. The Morgan fingerprint density at radius 1 is 1.19 bits per heavy atom. The summed E-state index contributed by atoms with van der Waals surface area (Å²) in [4.78, 5) is 9.49. The van der Waals surface area contributed by atoms with Crippen molar-refractivity contribution < 1.29 is 9.47 Å². The minimum absolute atomic E-state index is 0.328. The quantitative estimate of drug-likeness (QED) is 0.294. The molecule has 9 heteroatoms. The molecule has 1 saturated heterocycles. The van der Waals surface area contributed by atoms with E-state index >= 15 is 0 Å². The predicted molar refractivity (Wildman–Crippen MR) is 126 cm³/mol. The van der Waals surface area contributed by atoms with E-state index in [-0.39, 0.29) is 0 Å².